The number of nitrogens with zero attached hydrogens (tertiary/aromatic N) is 1. The quantitative estimate of drug-likeness (QED) is 0.659. The van der Waals surface area contributed by atoms with Crippen LogP contribution in [-0.4, -0.2) is 36.6 Å². The van der Waals surface area contributed by atoms with Crippen LogP contribution in [0.1, 0.15) is 26.2 Å². The monoisotopic (exact) mass is 185 g/mol. The minimum atomic E-state index is 0.0637. The van der Waals surface area contributed by atoms with Crippen molar-refractivity contribution in [1.29, 1.82) is 0 Å². The van der Waals surface area contributed by atoms with E-state index in [4.69, 9.17) is 5.73 Å². The maximum absolute atomic E-state index is 11.4. The molecule has 0 radical (unpaired) electrons. The van der Waals surface area contributed by atoms with Gasteiger partial charge in [-0.25, -0.2) is 4.79 Å². The summed E-state index contributed by atoms with van der Waals surface area (Å²) in [7, 11) is 0. The summed E-state index contributed by atoms with van der Waals surface area (Å²) in [4.78, 5) is 13.3. The molecule has 1 rings (SSSR count). The molecular formula is C9H19N3O. The minimum Gasteiger partial charge on any atom is -0.338 e. The molecule has 0 spiro atoms. The van der Waals surface area contributed by atoms with Crippen LogP contribution in [0.25, 0.3) is 0 Å². The van der Waals surface area contributed by atoms with Crippen molar-refractivity contribution >= 4 is 6.03 Å². The Balaban J connectivity index is 2.23. The highest BCUT2D eigenvalue weighted by atomic mass is 16.2. The van der Waals surface area contributed by atoms with E-state index in [1.165, 1.54) is 0 Å². The van der Waals surface area contributed by atoms with Gasteiger partial charge in [-0.15, -0.1) is 0 Å². The Morgan fingerprint density at radius 1 is 1.54 bits per heavy atom. The molecule has 3 N–H and O–H groups in total. The van der Waals surface area contributed by atoms with Gasteiger partial charge in [0.2, 0.25) is 0 Å². The van der Waals surface area contributed by atoms with E-state index >= 15 is 0 Å². The third-order valence-electron chi connectivity index (χ3n) is 2.35. The number of rotatable bonds is 2. The summed E-state index contributed by atoms with van der Waals surface area (Å²) in [6, 6.07) is 0.351. The Kier molecular flexibility index (Phi) is 4.02. The van der Waals surface area contributed by atoms with E-state index in [0.717, 1.165) is 38.9 Å². The first kappa shape index (κ1) is 10.3. The summed E-state index contributed by atoms with van der Waals surface area (Å²) in [5.41, 5.74) is 5.74. The third kappa shape index (κ3) is 3.22. The summed E-state index contributed by atoms with van der Waals surface area (Å²) in [6.07, 6.45) is 2.85. The fraction of sp³-hybridized carbons (Fsp3) is 0.889. The molecule has 0 unspecified atom stereocenters. The summed E-state index contributed by atoms with van der Waals surface area (Å²) in [5, 5.41) is 2.86. The van der Waals surface area contributed by atoms with Crippen molar-refractivity contribution in [1.82, 2.24) is 10.2 Å². The van der Waals surface area contributed by atoms with Crippen molar-refractivity contribution in [2.45, 2.75) is 32.2 Å². The van der Waals surface area contributed by atoms with Crippen LogP contribution in [0.3, 0.4) is 0 Å². The van der Waals surface area contributed by atoms with Gasteiger partial charge in [-0.2, -0.15) is 0 Å². The van der Waals surface area contributed by atoms with E-state index in [9.17, 15) is 4.79 Å². The van der Waals surface area contributed by atoms with Crippen molar-refractivity contribution < 1.29 is 4.79 Å². The van der Waals surface area contributed by atoms with Gasteiger partial charge in [0.05, 0.1) is 0 Å². The number of nitrogens with two attached hydrogens (primary N) is 1. The van der Waals surface area contributed by atoms with Crippen LogP contribution in [0.4, 0.5) is 4.79 Å². The second-order valence-corrected chi connectivity index (χ2v) is 3.56. The summed E-state index contributed by atoms with van der Waals surface area (Å²) >= 11 is 0. The van der Waals surface area contributed by atoms with E-state index < -0.39 is 0 Å². The molecule has 0 aromatic carbocycles. The average molecular weight is 185 g/mol. The molecule has 1 aliphatic heterocycles. The molecule has 4 heteroatoms. The third-order valence-corrected chi connectivity index (χ3v) is 2.35. The molecule has 1 saturated heterocycles. The number of hydrogen-bond donors (Lipinski definition) is 2. The smallest absolute Gasteiger partial charge is 0.317 e. The number of carbonyl (C=O) groups is 1. The Morgan fingerprint density at radius 3 is 2.69 bits per heavy atom. The zero-order chi connectivity index (χ0) is 9.68. The zero-order valence-corrected chi connectivity index (χ0v) is 8.25. The number of carbonyl (C=O) groups excluding carboxylic acids is 1. The topological polar surface area (TPSA) is 58.4 Å². The van der Waals surface area contributed by atoms with Crippen molar-refractivity contribution in [2.75, 3.05) is 19.6 Å². The maximum Gasteiger partial charge on any atom is 0.317 e. The summed E-state index contributed by atoms with van der Waals surface area (Å²) in [6.45, 7) is 4.42. The standard InChI is InChI=1S/C9H19N3O/c1-2-5-11-9(13)12-6-3-8(10)4-7-12/h8H,2-7,10H2,1H3,(H,11,13). The van der Waals surface area contributed by atoms with Gasteiger partial charge < -0.3 is 16.0 Å². The van der Waals surface area contributed by atoms with Gasteiger partial charge in [0.15, 0.2) is 0 Å². The highest BCUT2D eigenvalue weighted by Crippen LogP contribution is 2.07. The lowest BCUT2D eigenvalue weighted by atomic mass is 10.1. The Morgan fingerprint density at radius 2 is 2.15 bits per heavy atom. The molecule has 1 heterocycles. The molecule has 0 saturated carbocycles. The fourth-order valence-corrected chi connectivity index (χ4v) is 1.45. The van der Waals surface area contributed by atoms with Crippen LogP contribution in [0.5, 0.6) is 0 Å². The Labute approximate surface area is 79.5 Å². The molecule has 0 atom stereocenters. The first-order chi connectivity index (χ1) is 6.24. The molecule has 0 aliphatic carbocycles. The predicted octanol–water partition coefficient (Wildman–Crippen LogP) is 0.529. The van der Waals surface area contributed by atoms with Gasteiger partial charge in [-0.05, 0) is 19.3 Å². The Bertz CT molecular complexity index is 164. The van der Waals surface area contributed by atoms with E-state index in [1.807, 2.05) is 11.8 Å². The molecular weight excluding hydrogens is 166 g/mol. The summed E-state index contributed by atoms with van der Waals surface area (Å²) < 4.78 is 0. The van der Waals surface area contributed by atoms with Crippen LogP contribution in [0, 0.1) is 0 Å². The second kappa shape index (κ2) is 5.07. The van der Waals surface area contributed by atoms with E-state index in [2.05, 4.69) is 5.32 Å². The molecule has 1 fully saturated rings. The molecule has 0 aromatic rings. The first-order valence-electron chi connectivity index (χ1n) is 5.02. The maximum atomic E-state index is 11.4. The van der Waals surface area contributed by atoms with Gasteiger partial charge in [0.1, 0.15) is 0 Å². The number of nitrogens with one attached hydrogen (secondary N) is 1. The molecule has 76 valence electrons. The fourth-order valence-electron chi connectivity index (χ4n) is 1.45. The first-order valence-corrected chi connectivity index (χ1v) is 5.02. The van der Waals surface area contributed by atoms with Crippen molar-refractivity contribution in [2.24, 2.45) is 5.73 Å². The molecule has 13 heavy (non-hydrogen) atoms. The molecule has 2 amide bonds. The van der Waals surface area contributed by atoms with E-state index in [0.29, 0.717) is 0 Å². The SMILES string of the molecule is CCCNC(=O)N1CCC(N)CC1. The molecule has 4 nitrogen and oxygen atoms in total. The largest absolute Gasteiger partial charge is 0.338 e. The van der Waals surface area contributed by atoms with Crippen LogP contribution in [0.2, 0.25) is 0 Å². The van der Waals surface area contributed by atoms with Gasteiger partial charge in [-0.1, -0.05) is 6.92 Å². The minimum absolute atomic E-state index is 0.0637. The van der Waals surface area contributed by atoms with E-state index in [-0.39, 0.29) is 12.1 Å². The highest BCUT2D eigenvalue weighted by molar-refractivity contribution is 5.74. The highest BCUT2D eigenvalue weighted by Gasteiger charge is 2.19. The van der Waals surface area contributed by atoms with Crippen molar-refractivity contribution in [3.63, 3.8) is 0 Å². The number of amides is 2. The normalized spacial score (nSPS) is 18.8. The van der Waals surface area contributed by atoms with Crippen LogP contribution in [-0.2, 0) is 0 Å². The van der Waals surface area contributed by atoms with Crippen molar-refractivity contribution in [3.05, 3.63) is 0 Å². The van der Waals surface area contributed by atoms with Gasteiger partial charge in [0.25, 0.3) is 0 Å². The van der Waals surface area contributed by atoms with Crippen LogP contribution >= 0.6 is 0 Å². The lowest BCUT2D eigenvalue weighted by Gasteiger charge is -2.30. The average Bonchev–Trinajstić information content (AvgIpc) is 2.15. The number of likely N-dealkylation sites (tertiary alicyclic amines) is 1. The Hall–Kier alpha value is -0.770. The van der Waals surface area contributed by atoms with Crippen LogP contribution < -0.4 is 11.1 Å². The predicted molar refractivity (Wildman–Crippen MR) is 52.5 cm³/mol. The lowest BCUT2D eigenvalue weighted by Crippen LogP contribution is -2.47. The molecule has 0 aromatic heterocycles. The molecule has 1 aliphatic rings. The number of piperidine rings is 1. The lowest BCUT2D eigenvalue weighted by molar-refractivity contribution is 0.182. The van der Waals surface area contributed by atoms with Gasteiger partial charge in [0, 0.05) is 25.7 Å². The van der Waals surface area contributed by atoms with Gasteiger partial charge >= 0.3 is 6.03 Å². The van der Waals surface area contributed by atoms with Crippen molar-refractivity contribution in [3.8, 4) is 0 Å². The van der Waals surface area contributed by atoms with E-state index in [1.54, 1.807) is 0 Å². The number of hydrogen-bond acceptors (Lipinski definition) is 2. The second-order valence-electron chi connectivity index (χ2n) is 3.56. The summed E-state index contributed by atoms with van der Waals surface area (Å²) in [5.74, 6) is 0. The zero-order valence-electron chi connectivity index (χ0n) is 8.25. The van der Waals surface area contributed by atoms with Gasteiger partial charge in [-0.3, -0.25) is 0 Å². The van der Waals surface area contributed by atoms with Crippen LogP contribution in [0.15, 0.2) is 0 Å². The number of urea groups is 1. The molecule has 0 bridgehead atoms.